The third-order valence-corrected chi connectivity index (χ3v) is 9.38. The second kappa shape index (κ2) is 10.6. The number of rotatable bonds is 8. The third kappa shape index (κ3) is 6.30. The fraction of sp³-hybridized carbons (Fsp3) is 0.500. The maximum absolute atomic E-state index is 12.7. The van der Waals surface area contributed by atoms with Crippen molar-refractivity contribution >= 4 is 67.4 Å². The Morgan fingerprint density at radius 2 is 2.00 bits per heavy atom. The number of nitrogens with zero attached hydrogens (tertiary/aromatic N) is 3. The molecule has 1 saturated heterocycles. The first kappa shape index (κ1) is 23.7. The molecule has 1 aromatic heterocycles. The first-order chi connectivity index (χ1) is 14.3. The maximum Gasteiger partial charge on any atom is 0.229 e. The van der Waals surface area contributed by atoms with E-state index < -0.39 is 10.0 Å². The Kier molecular flexibility index (Phi) is 8.39. The molecule has 0 spiro atoms. The quantitative estimate of drug-likeness (QED) is 0.415. The molecule has 1 aliphatic rings. The zero-order chi connectivity index (χ0) is 21.7. The van der Waals surface area contributed by atoms with Gasteiger partial charge in [0.15, 0.2) is 4.34 Å². The van der Waals surface area contributed by atoms with Crippen molar-refractivity contribution in [2.24, 2.45) is 5.92 Å². The summed E-state index contributed by atoms with van der Waals surface area (Å²) >= 11 is 14.8. The first-order valence-corrected chi connectivity index (χ1v) is 13.6. The maximum atomic E-state index is 12.7. The average Bonchev–Trinajstić information content (AvgIpc) is 3.16. The summed E-state index contributed by atoms with van der Waals surface area (Å²) in [4.78, 5) is 12.5. The van der Waals surface area contributed by atoms with E-state index >= 15 is 0 Å². The predicted octanol–water partition coefficient (Wildman–Crippen LogP) is 4.53. The highest BCUT2D eigenvalue weighted by molar-refractivity contribution is 8.01. The second-order valence-corrected chi connectivity index (χ2v) is 12.0. The van der Waals surface area contributed by atoms with Crippen molar-refractivity contribution < 1.29 is 13.2 Å². The number of thioether (sulfide) groups is 1. The highest BCUT2D eigenvalue weighted by atomic mass is 35.5. The third-order valence-electron chi connectivity index (χ3n) is 4.62. The molecule has 12 heteroatoms. The van der Waals surface area contributed by atoms with E-state index in [1.54, 1.807) is 30.0 Å². The zero-order valence-electron chi connectivity index (χ0n) is 16.3. The van der Waals surface area contributed by atoms with Gasteiger partial charge < -0.3 is 5.32 Å². The molecule has 0 aliphatic carbocycles. The summed E-state index contributed by atoms with van der Waals surface area (Å²) in [5, 5.41) is 12.1. The number of halogens is 2. The van der Waals surface area contributed by atoms with Crippen LogP contribution in [0.3, 0.4) is 0 Å². The largest absolute Gasteiger partial charge is 0.300 e. The minimum absolute atomic E-state index is 0.139. The molecular weight excluding hydrogens is 487 g/mol. The number of piperidine rings is 1. The second-order valence-electron chi connectivity index (χ2n) is 6.89. The molecule has 30 heavy (non-hydrogen) atoms. The number of carbonyl (C=O) groups is 1. The van der Waals surface area contributed by atoms with E-state index in [9.17, 15) is 13.2 Å². The number of hydrogen-bond acceptors (Lipinski definition) is 7. The van der Waals surface area contributed by atoms with Crippen molar-refractivity contribution in [1.29, 1.82) is 0 Å². The van der Waals surface area contributed by atoms with Gasteiger partial charge in [-0.2, -0.15) is 0 Å². The highest BCUT2D eigenvalue weighted by Gasteiger charge is 2.31. The molecule has 1 fully saturated rings. The standard InChI is InChI=1S/C18H22Cl2N4O3S3/c1-2-9-28-18-23-22-17(29-18)21-16(25)13-5-7-24(8-6-13)30(26,27)11-12-3-4-14(19)15(20)10-12/h3-4,10,13H,2,5-9,11H2,1H3,(H,21,22,25). The summed E-state index contributed by atoms with van der Waals surface area (Å²) in [5.74, 6) is 0.415. The zero-order valence-corrected chi connectivity index (χ0v) is 20.3. The van der Waals surface area contributed by atoms with Gasteiger partial charge in [0.2, 0.25) is 21.1 Å². The van der Waals surface area contributed by atoms with Crippen LogP contribution in [0.5, 0.6) is 0 Å². The number of aromatic nitrogens is 2. The first-order valence-electron chi connectivity index (χ1n) is 9.47. The molecule has 0 radical (unpaired) electrons. The molecule has 3 rings (SSSR count). The van der Waals surface area contributed by atoms with Gasteiger partial charge >= 0.3 is 0 Å². The number of sulfonamides is 1. The van der Waals surface area contributed by atoms with Gasteiger partial charge in [-0.25, -0.2) is 12.7 Å². The normalized spacial score (nSPS) is 16.0. The molecule has 1 amide bonds. The van der Waals surface area contributed by atoms with Gasteiger partial charge in [-0.1, -0.05) is 59.3 Å². The van der Waals surface area contributed by atoms with Crippen molar-refractivity contribution in [1.82, 2.24) is 14.5 Å². The summed E-state index contributed by atoms with van der Waals surface area (Å²) < 4.78 is 27.7. The van der Waals surface area contributed by atoms with E-state index in [1.807, 2.05) is 0 Å². The molecular formula is C18H22Cl2N4O3S3. The summed E-state index contributed by atoms with van der Waals surface area (Å²) in [5.41, 5.74) is 0.581. The van der Waals surface area contributed by atoms with Crippen molar-refractivity contribution in [2.45, 2.75) is 36.3 Å². The molecule has 0 atom stereocenters. The fourth-order valence-corrected chi connectivity index (χ4v) is 6.59. The van der Waals surface area contributed by atoms with Crippen LogP contribution in [0.25, 0.3) is 0 Å². The lowest BCUT2D eigenvalue weighted by Crippen LogP contribution is -2.41. The predicted molar refractivity (Wildman–Crippen MR) is 123 cm³/mol. The molecule has 2 heterocycles. The van der Waals surface area contributed by atoms with E-state index in [0.29, 0.717) is 46.7 Å². The van der Waals surface area contributed by atoms with E-state index in [-0.39, 0.29) is 17.6 Å². The smallest absolute Gasteiger partial charge is 0.229 e. The molecule has 1 aromatic carbocycles. The van der Waals surface area contributed by atoms with Crippen LogP contribution in [0.2, 0.25) is 10.0 Å². The minimum Gasteiger partial charge on any atom is -0.300 e. The minimum atomic E-state index is -3.50. The fourth-order valence-electron chi connectivity index (χ4n) is 3.04. The van der Waals surface area contributed by atoms with Crippen LogP contribution < -0.4 is 5.32 Å². The number of anilines is 1. The molecule has 0 bridgehead atoms. The van der Waals surface area contributed by atoms with Gasteiger partial charge in [0.25, 0.3) is 0 Å². The van der Waals surface area contributed by atoms with Gasteiger partial charge in [-0.05, 0) is 37.0 Å². The summed E-state index contributed by atoms with van der Waals surface area (Å²) in [7, 11) is -3.50. The van der Waals surface area contributed by atoms with Gasteiger partial charge in [-0.15, -0.1) is 10.2 Å². The molecule has 0 saturated carbocycles. The number of benzene rings is 1. The highest BCUT2D eigenvalue weighted by Crippen LogP contribution is 2.28. The SMILES string of the molecule is CCCSc1nnc(NC(=O)C2CCN(S(=O)(=O)Cc3ccc(Cl)c(Cl)c3)CC2)s1. The Hall–Kier alpha value is -0.910. The van der Waals surface area contributed by atoms with E-state index in [2.05, 4.69) is 22.4 Å². The lowest BCUT2D eigenvalue weighted by molar-refractivity contribution is -0.120. The molecule has 1 N–H and O–H groups in total. The number of hydrogen-bond donors (Lipinski definition) is 1. The Morgan fingerprint density at radius 3 is 2.67 bits per heavy atom. The van der Waals surface area contributed by atoms with Gasteiger partial charge in [0.05, 0.1) is 15.8 Å². The van der Waals surface area contributed by atoms with E-state index in [4.69, 9.17) is 23.2 Å². The van der Waals surface area contributed by atoms with Crippen molar-refractivity contribution in [3.8, 4) is 0 Å². The van der Waals surface area contributed by atoms with Crippen LogP contribution in [0.15, 0.2) is 22.5 Å². The molecule has 7 nitrogen and oxygen atoms in total. The molecule has 164 valence electrons. The Bertz CT molecular complexity index is 992. The van der Waals surface area contributed by atoms with Crippen LogP contribution in [-0.4, -0.2) is 47.7 Å². The van der Waals surface area contributed by atoms with Crippen molar-refractivity contribution in [2.75, 3.05) is 24.2 Å². The van der Waals surface area contributed by atoms with Gasteiger partial charge in [-0.3, -0.25) is 4.79 Å². The molecule has 0 unspecified atom stereocenters. The van der Waals surface area contributed by atoms with Gasteiger partial charge in [0, 0.05) is 24.8 Å². The number of carbonyl (C=O) groups excluding carboxylic acids is 1. The van der Waals surface area contributed by atoms with Crippen LogP contribution >= 0.6 is 46.3 Å². The summed E-state index contributed by atoms with van der Waals surface area (Å²) in [6.07, 6.45) is 1.96. The summed E-state index contributed by atoms with van der Waals surface area (Å²) in [6, 6.07) is 4.81. The Morgan fingerprint density at radius 1 is 1.27 bits per heavy atom. The lowest BCUT2D eigenvalue weighted by atomic mass is 9.97. The Balaban J connectivity index is 1.52. The number of amides is 1. The van der Waals surface area contributed by atoms with Crippen molar-refractivity contribution in [3.05, 3.63) is 33.8 Å². The summed E-state index contributed by atoms with van der Waals surface area (Å²) in [6.45, 7) is 2.69. The lowest BCUT2D eigenvalue weighted by Gasteiger charge is -2.30. The molecule has 2 aromatic rings. The van der Waals surface area contributed by atoms with Crippen LogP contribution in [-0.2, 0) is 20.6 Å². The van der Waals surface area contributed by atoms with Crippen LogP contribution in [0, 0.1) is 5.92 Å². The number of nitrogens with one attached hydrogen (secondary N) is 1. The van der Waals surface area contributed by atoms with Gasteiger partial charge in [0.1, 0.15) is 0 Å². The molecule has 1 aliphatic heterocycles. The van der Waals surface area contributed by atoms with Crippen LogP contribution in [0.4, 0.5) is 5.13 Å². The topological polar surface area (TPSA) is 92.3 Å². The van der Waals surface area contributed by atoms with E-state index in [1.165, 1.54) is 15.6 Å². The van der Waals surface area contributed by atoms with Crippen LogP contribution in [0.1, 0.15) is 31.7 Å². The average molecular weight is 510 g/mol. The Labute approximate surface area is 194 Å². The van der Waals surface area contributed by atoms with E-state index in [0.717, 1.165) is 16.5 Å². The monoisotopic (exact) mass is 508 g/mol. The van der Waals surface area contributed by atoms with Crippen molar-refractivity contribution in [3.63, 3.8) is 0 Å².